The molecule has 0 aliphatic carbocycles. The van der Waals surface area contributed by atoms with Gasteiger partial charge in [0.25, 0.3) is 0 Å². The van der Waals surface area contributed by atoms with Crippen LogP contribution in [0.15, 0.2) is 0 Å². The summed E-state index contributed by atoms with van der Waals surface area (Å²) in [5.74, 6) is 0.550. The molecular weight excluding hydrogens is 204 g/mol. The standard InChI is InChI=1S/C12H24N2O2/c1-10(2)8-15-5-6-16-9-12(7-13)14-11(3)4/h10-12,14H,5-6,8-9H2,1-4H3. The highest BCUT2D eigenvalue weighted by atomic mass is 16.5. The maximum Gasteiger partial charge on any atom is 0.119 e. The molecule has 0 bridgehead atoms. The van der Waals surface area contributed by atoms with Gasteiger partial charge in [0.05, 0.1) is 25.9 Å². The lowest BCUT2D eigenvalue weighted by molar-refractivity contribution is 0.0339. The summed E-state index contributed by atoms with van der Waals surface area (Å²) in [6.07, 6.45) is 0. The van der Waals surface area contributed by atoms with Gasteiger partial charge in [0.15, 0.2) is 0 Å². The van der Waals surface area contributed by atoms with Crippen LogP contribution in [-0.2, 0) is 9.47 Å². The Bertz CT molecular complexity index is 200. The molecule has 4 heteroatoms. The van der Waals surface area contributed by atoms with Gasteiger partial charge < -0.3 is 9.47 Å². The molecule has 0 fully saturated rings. The fraction of sp³-hybridized carbons (Fsp3) is 0.917. The SMILES string of the molecule is CC(C)COCCOCC(C#N)NC(C)C. The Balaban J connectivity index is 3.39. The fourth-order valence-corrected chi connectivity index (χ4v) is 1.16. The number of nitrogens with zero attached hydrogens (tertiary/aromatic N) is 1. The molecule has 0 radical (unpaired) electrons. The van der Waals surface area contributed by atoms with E-state index in [4.69, 9.17) is 14.7 Å². The lowest BCUT2D eigenvalue weighted by atomic mass is 10.2. The number of nitrogens with one attached hydrogen (secondary N) is 1. The van der Waals surface area contributed by atoms with Crippen LogP contribution in [0.4, 0.5) is 0 Å². The third-order valence-corrected chi connectivity index (χ3v) is 1.80. The first-order valence-electron chi connectivity index (χ1n) is 5.87. The minimum Gasteiger partial charge on any atom is -0.379 e. The minimum absolute atomic E-state index is 0.231. The monoisotopic (exact) mass is 228 g/mol. The molecule has 0 aliphatic rings. The largest absolute Gasteiger partial charge is 0.379 e. The number of ether oxygens (including phenoxy) is 2. The first-order chi connectivity index (χ1) is 7.56. The Morgan fingerprint density at radius 2 is 1.62 bits per heavy atom. The number of hydrogen-bond acceptors (Lipinski definition) is 4. The second-order valence-corrected chi connectivity index (χ2v) is 4.55. The highest BCUT2D eigenvalue weighted by Crippen LogP contribution is 1.93. The topological polar surface area (TPSA) is 54.3 Å². The normalized spacial score (nSPS) is 13.1. The Kier molecular flexibility index (Phi) is 9.21. The Morgan fingerprint density at radius 1 is 1.06 bits per heavy atom. The van der Waals surface area contributed by atoms with Crippen molar-refractivity contribution in [3.8, 4) is 6.07 Å². The van der Waals surface area contributed by atoms with E-state index >= 15 is 0 Å². The van der Waals surface area contributed by atoms with Crippen molar-refractivity contribution in [2.45, 2.75) is 39.8 Å². The summed E-state index contributed by atoms with van der Waals surface area (Å²) < 4.78 is 10.7. The zero-order valence-corrected chi connectivity index (χ0v) is 10.8. The molecule has 0 saturated heterocycles. The second kappa shape index (κ2) is 9.59. The average molecular weight is 228 g/mol. The molecule has 0 heterocycles. The van der Waals surface area contributed by atoms with Gasteiger partial charge in [0, 0.05) is 12.6 Å². The molecule has 0 aromatic rings. The third-order valence-electron chi connectivity index (χ3n) is 1.80. The molecule has 4 nitrogen and oxygen atoms in total. The van der Waals surface area contributed by atoms with E-state index in [9.17, 15) is 0 Å². The minimum atomic E-state index is -0.231. The van der Waals surface area contributed by atoms with E-state index in [1.54, 1.807) is 0 Å². The van der Waals surface area contributed by atoms with Crippen LogP contribution in [0.25, 0.3) is 0 Å². The van der Waals surface area contributed by atoms with Gasteiger partial charge in [0.2, 0.25) is 0 Å². The maximum absolute atomic E-state index is 8.83. The lowest BCUT2D eigenvalue weighted by Crippen LogP contribution is -2.37. The predicted molar refractivity (Wildman–Crippen MR) is 64.1 cm³/mol. The molecule has 0 aromatic heterocycles. The summed E-state index contributed by atoms with van der Waals surface area (Å²) in [5.41, 5.74) is 0. The van der Waals surface area contributed by atoms with Crippen molar-refractivity contribution in [2.75, 3.05) is 26.4 Å². The Morgan fingerprint density at radius 3 is 2.06 bits per heavy atom. The highest BCUT2D eigenvalue weighted by Gasteiger charge is 2.07. The van der Waals surface area contributed by atoms with E-state index < -0.39 is 0 Å². The number of hydrogen-bond donors (Lipinski definition) is 1. The zero-order chi connectivity index (χ0) is 12.4. The van der Waals surface area contributed by atoms with Gasteiger partial charge in [-0.15, -0.1) is 0 Å². The van der Waals surface area contributed by atoms with Gasteiger partial charge in [-0.25, -0.2) is 0 Å². The van der Waals surface area contributed by atoms with Crippen LogP contribution in [0.3, 0.4) is 0 Å². The quantitative estimate of drug-likeness (QED) is 0.609. The van der Waals surface area contributed by atoms with Gasteiger partial charge in [-0.3, -0.25) is 5.32 Å². The smallest absolute Gasteiger partial charge is 0.119 e. The second-order valence-electron chi connectivity index (χ2n) is 4.55. The molecule has 0 rings (SSSR count). The van der Waals surface area contributed by atoms with Crippen LogP contribution in [0.5, 0.6) is 0 Å². The van der Waals surface area contributed by atoms with E-state index in [0.717, 1.165) is 6.61 Å². The van der Waals surface area contributed by atoms with Crippen LogP contribution in [0, 0.1) is 17.2 Å². The van der Waals surface area contributed by atoms with Gasteiger partial charge in [-0.1, -0.05) is 13.8 Å². The average Bonchev–Trinajstić information content (AvgIpc) is 2.20. The molecule has 0 spiro atoms. The lowest BCUT2D eigenvalue weighted by Gasteiger charge is -2.14. The fourth-order valence-electron chi connectivity index (χ4n) is 1.16. The van der Waals surface area contributed by atoms with Crippen LogP contribution >= 0.6 is 0 Å². The van der Waals surface area contributed by atoms with Crippen LogP contribution < -0.4 is 5.32 Å². The molecule has 1 N–H and O–H groups in total. The van der Waals surface area contributed by atoms with Crippen LogP contribution in [-0.4, -0.2) is 38.5 Å². The molecular formula is C12H24N2O2. The summed E-state index contributed by atoms with van der Waals surface area (Å²) in [7, 11) is 0. The third kappa shape index (κ3) is 9.91. The molecule has 1 atom stereocenters. The molecule has 0 saturated carbocycles. The summed E-state index contributed by atoms with van der Waals surface area (Å²) in [6, 6.07) is 2.23. The van der Waals surface area contributed by atoms with Crippen molar-refractivity contribution < 1.29 is 9.47 Å². The first kappa shape index (κ1) is 15.4. The van der Waals surface area contributed by atoms with E-state index in [2.05, 4.69) is 25.2 Å². The molecule has 0 aromatic carbocycles. The van der Waals surface area contributed by atoms with Crippen molar-refractivity contribution in [1.82, 2.24) is 5.32 Å². The Labute approximate surface area is 98.9 Å². The summed E-state index contributed by atoms with van der Waals surface area (Å²) in [5, 5.41) is 11.9. The van der Waals surface area contributed by atoms with Gasteiger partial charge in [-0.05, 0) is 19.8 Å². The number of rotatable bonds is 9. The van der Waals surface area contributed by atoms with Gasteiger partial charge in [-0.2, -0.15) is 5.26 Å². The van der Waals surface area contributed by atoms with E-state index in [1.165, 1.54) is 0 Å². The van der Waals surface area contributed by atoms with Crippen LogP contribution in [0.1, 0.15) is 27.7 Å². The van der Waals surface area contributed by atoms with Crippen molar-refractivity contribution >= 4 is 0 Å². The summed E-state index contributed by atoms with van der Waals surface area (Å²) in [6.45, 7) is 10.6. The van der Waals surface area contributed by atoms with E-state index in [1.807, 2.05) is 13.8 Å². The molecule has 1 unspecified atom stereocenters. The van der Waals surface area contributed by atoms with E-state index in [0.29, 0.717) is 31.8 Å². The number of nitriles is 1. The van der Waals surface area contributed by atoms with Crippen molar-refractivity contribution in [3.63, 3.8) is 0 Å². The highest BCUT2D eigenvalue weighted by molar-refractivity contribution is 4.90. The molecule has 94 valence electrons. The predicted octanol–water partition coefficient (Wildman–Crippen LogP) is 1.57. The molecule has 16 heavy (non-hydrogen) atoms. The molecule has 0 aliphatic heterocycles. The maximum atomic E-state index is 8.83. The van der Waals surface area contributed by atoms with Crippen LogP contribution in [0.2, 0.25) is 0 Å². The summed E-state index contributed by atoms with van der Waals surface area (Å²) in [4.78, 5) is 0. The van der Waals surface area contributed by atoms with Crippen molar-refractivity contribution in [2.24, 2.45) is 5.92 Å². The van der Waals surface area contributed by atoms with Crippen molar-refractivity contribution in [1.29, 1.82) is 5.26 Å². The Hall–Kier alpha value is -0.630. The zero-order valence-electron chi connectivity index (χ0n) is 10.8. The summed E-state index contributed by atoms with van der Waals surface area (Å²) >= 11 is 0. The van der Waals surface area contributed by atoms with Gasteiger partial charge in [0.1, 0.15) is 6.04 Å². The first-order valence-corrected chi connectivity index (χ1v) is 5.87. The van der Waals surface area contributed by atoms with Crippen molar-refractivity contribution in [3.05, 3.63) is 0 Å². The van der Waals surface area contributed by atoms with E-state index in [-0.39, 0.29) is 6.04 Å². The molecule has 0 amide bonds. The van der Waals surface area contributed by atoms with Gasteiger partial charge >= 0.3 is 0 Å².